The number of rotatable bonds is 6. The van der Waals surface area contributed by atoms with Crippen LogP contribution < -0.4 is 5.73 Å². The van der Waals surface area contributed by atoms with Crippen LogP contribution in [0.5, 0.6) is 0 Å². The van der Waals surface area contributed by atoms with Gasteiger partial charge in [0.1, 0.15) is 0 Å². The SMILES string of the molecule is CCCC(CN)N(C)Cc1cccc(C)c1. The first-order valence-electron chi connectivity index (χ1n) is 6.13. The average molecular weight is 220 g/mol. The highest BCUT2D eigenvalue weighted by Crippen LogP contribution is 2.11. The maximum Gasteiger partial charge on any atom is 0.0234 e. The zero-order valence-electron chi connectivity index (χ0n) is 10.7. The Morgan fingerprint density at radius 1 is 1.38 bits per heavy atom. The topological polar surface area (TPSA) is 29.3 Å². The van der Waals surface area contributed by atoms with Gasteiger partial charge in [-0.1, -0.05) is 43.2 Å². The maximum atomic E-state index is 5.80. The first kappa shape index (κ1) is 13.2. The zero-order valence-corrected chi connectivity index (χ0v) is 10.7. The number of hydrogen-bond acceptors (Lipinski definition) is 2. The number of benzene rings is 1. The molecule has 1 aromatic carbocycles. The lowest BCUT2D eigenvalue weighted by Gasteiger charge is -2.26. The second-order valence-corrected chi connectivity index (χ2v) is 4.58. The molecular formula is C14H24N2. The Morgan fingerprint density at radius 3 is 2.69 bits per heavy atom. The van der Waals surface area contributed by atoms with Crippen LogP contribution >= 0.6 is 0 Å². The summed E-state index contributed by atoms with van der Waals surface area (Å²) in [7, 11) is 2.16. The summed E-state index contributed by atoms with van der Waals surface area (Å²) >= 11 is 0. The summed E-state index contributed by atoms with van der Waals surface area (Å²) in [6.45, 7) is 6.08. The standard InChI is InChI=1S/C14H24N2/c1-4-6-14(10-15)16(3)11-13-8-5-7-12(2)9-13/h5,7-9,14H,4,6,10-11,15H2,1-3H3. The molecule has 2 N–H and O–H groups in total. The Bertz CT molecular complexity index is 309. The van der Waals surface area contributed by atoms with E-state index in [1.54, 1.807) is 0 Å². The minimum atomic E-state index is 0.505. The van der Waals surface area contributed by atoms with E-state index in [-0.39, 0.29) is 0 Å². The normalized spacial score (nSPS) is 13.1. The van der Waals surface area contributed by atoms with E-state index in [0.717, 1.165) is 13.1 Å². The van der Waals surface area contributed by atoms with E-state index in [2.05, 4.69) is 50.1 Å². The van der Waals surface area contributed by atoms with Gasteiger partial charge in [0.05, 0.1) is 0 Å². The molecule has 0 saturated heterocycles. The summed E-state index contributed by atoms with van der Waals surface area (Å²) in [6, 6.07) is 9.19. The lowest BCUT2D eigenvalue weighted by molar-refractivity contribution is 0.226. The van der Waals surface area contributed by atoms with Gasteiger partial charge in [-0.05, 0) is 26.0 Å². The number of nitrogens with zero attached hydrogens (tertiary/aromatic N) is 1. The molecule has 2 heteroatoms. The molecule has 0 aromatic heterocycles. The van der Waals surface area contributed by atoms with Crippen molar-refractivity contribution in [3.63, 3.8) is 0 Å². The summed E-state index contributed by atoms with van der Waals surface area (Å²) in [6.07, 6.45) is 2.37. The van der Waals surface area contributed by atoms with E-state index in [0.29, 0.717) is 6.04 Å². The van der Waals surface area contributed by atoms with Crippen molar-refractivity contribution in [2.75, 3.05) is 13.6 Å². The smallest absolute Gasteiger partial charge is 0.0234 e. The Kier molecular flexibility index (Phi) is 5.50. The van der Waals surface area contributed by atoms with Crippen molar-refractivity contribution in [3.05, 3.63) is 35.4 Å². The third kappa shape index (κ3) is 3.95. The molecule has 0 aliphatic carbocycles. The van der Waals surface area contributed by atoms with E-state index >= 15 is 0 Å². The molecule has 0 bridgehead atoms. The van der Waals surface area contributed by atoms with Gasteiger partial charge >= 0.3 is 0 Å². The van der Waals surface area contributed by atoms with Crippen molar-refractivity contribution in [2.45, 2.75) is 39.3 Å². The monoisotopic (exact) mass is 220 g/mol. The highest BCUT2D eigenvalue weighted by molar-refractivity contribution is 5.22. The molecule has 0 amide bonds. The zero-order chi connectivity index (χ0) is 12.0. The lowest BCUT2D eigenvalue weighted by Crippen LogP contribution is -2.37. The first-order valence-corrected chi connectivity index (χ1v) is 6.13. The molecule has 0 heterocycles. The van der Waals surface area contributed by atoms with E-state index < -0.39 is 0 Å². The van der Waals surface area contributed by atoms with E-state index in [9.17, 15) is 0 Å². The van der Waals surface area contributed by atoms with Crippen molar-refractivity contribution < 1.29 is 0 Å². The molecule has 0 aliphatic heterocycles. The van der Waals surface area contributed by atoms with E-state index in [1.165, 1.54) is 24.0 Å². The van der Waals surface area contributed by atoms with Gasteiger partial charge < -0.3 is 5.73 Å². The summed E-state index contributed by atoms with van der Waals surface area (Å²) in [5, 5.41) is 0. The fraction of sp³-hybridized carbons (Fsp3) is 0.571. The van der Waals surface area contributed by atoms with Crippen molar-refractivity contribution in [3.8, 4) is 0 Å². The molecule has 1 aromatic rings. The van der Waals surface area contributed by atoms with Gasteiger partial charge in [-0.15, -0.1) is 0 Å². The second kappa shape index (κ2) is 6.66. The second-order valence-electron chi connectivity index (χ2n) is 4.58. The van der Waals surface area contributed by atoms with E-state index in [4.69, 9.17) is 5.73 Å². The van der Waals surface area contributed by atoms with E-state index in [1.807, 2.05) is 0 Å². The number of aryl methyl sites for hydroxylation is 1. The van der Waals surface area contributed by atoms with Gasteiger partial charge in [-0.2, -0.15) is 0 Å². The molecule has 0 radical (unpaired) electrons. The van der Waals surface area contributed by atoms with Gasteiger partial charge in [-0.3, -0.25) is 4.90 Å². The fourth-order valence-corrected chi connectivity index (χ4v) is 2.08. The van der Waals surface area contributed by atoms with Crippen LogP contribution in [0, 0.1) is 6.92 Å². The Labute approximate surface area is 99.5 Å². The highest BCUT2D eigenvalue weighted by atomic mass is 15.1. The van der Waals surface area contributed by atoms with Gasteiger partial charge in [0.15, 0.2) is 0 Å². The summed E-state index contributed by atoms with van der Waals surface area (Å²) in [5.74, 6) is 0. The summed E-state index contributed by atoms with van der Waals surface area (Å²) < 4.78 is 0. The molecular weight excluding hydrogens is 196 g/mol. The van der Waals surface area contributed by atoms with Crippen LogP contribution in [-0.4, -0.2) is 24.5 Å². The van der Waals surface area contributed by atoms with Gasteiger partial charge in [0, 0.05) is 19.1 Å². The molecule has 0 fully saturated rings. The van der Waals surface area contributed by atoms with Crippen LogP contribution in [-0.2, 0) is 6.54 Å². The quantitative estimate of drug-likeness (QED) is 0.798. The molecule has 0 spiro atoms. The van der Waals surface area contributed by atoms with Crippen LogP contribution in [0.1, 0.15) is 30.9 Å². The molecule has 2 nitrogen and oxygen atoms in total. The number of hydrogen-bond donors (Lipinski definition) is 1. The first-order chi connectivity index (χ1) is 7.67. The van der Waals surface area contributed by atoms with Crippen LogP contribution in [0.4, 0.5) is 0 Å². The molecule has 0 saturated carbocycles. The molecule has 90 valence electrons. The fourth-order valence-electron chi connectivity index (χ4n) is 2.08. The average Bonchev–Trinajstić information content (AvgIpc) is 2.25. The van der Waals surface area contributed by atoms with Crippen molar-refractivity contribution in [2.24, 2.45) is 5.73 Å². The molecule has 1 rings (SSSR count). The largest absolute Gasteiger partial charge is 0.329 e. The minimum Gasteiger partial charge on any atom is -0.329 e. The van der Waals surface area contributed by atoms with Crippen molar-refractivity contribution >= 4 is 0 Å². The minimum absolute atomic E-state index is 0.505. The number of nitrogens with two attached hydrogens (primary N) is 1. The van der Waals surface area contributed by atoms with Crippen LogP contribution in [0.25, 0.3) is 0 Å². The Balaban J connectivity index is 2.58. The molecule has 1 atom stereocenters. The third-order valence-corrected chi connectivity index (χ3v) is 3.03. The predicted octanol–water partition coefficient (Wildman–Crippen LogP) is 2.55. The lowest BCUT2D eigenvalue weighted by atomic mass is 10.1. The molecule has 16 heavy (non-hydrogen) atoms. The Hall–Kier alpha value is -0.860. The van der Waals surface area contributed by atoms with Crippen LogP contribution in [0.15, 0.2) is 24.3 Å². The highest BCUT2D eigenvalue weighted by Gasteiger charge is 2.11. The maximum absolute atomic E-state index is 5.80. The van der Waals surface area contributed by atoms with Gasteiger partial charge in [0.25, 0.3) is 0 Å². The third-order valence-electron chi connectivity index (χ3n) is 3.03. The number of likely N-dealkylation sites (N-methyl/N-ethyl adjacent to an activating group) is 1. The summed E-state index contributed by atoms with van der Waals surface area (Å²) in [5.41, 5.74) is 8.50. The van der Waals surface area contributed by atoms with Crippen molar-refractivity contribution in [1.29, 1.82) is 0 Å². The predicted molar refractivity (Wildman–Crippen MR) is 70.4 cm³/mol. The molecule has 0 aliphatic rings. The van der Waals surface area contributed by atoms with Gasteiger partial charge in [0.2, 0.25) is 0 Å². The summed E-state index contributed by atoms with van der Waals surface area (Å²) in [4.78, 5) is 2.36. The Morgan fingerprint density at radius 2 is 2.12 bits per heavy atom. The van der Waals surface area contributed by atoms with Gasteiger partial charge in [-0.25, -0.2) is 0 Å². The van der Waals surface area contributed by atoms with Crippen LogP contribution in [0.2, 0.25) is 0 Å². The molecule has 1 unspecified atom stereocenters. The van der Waals surface area contributed by atoms with Crippen molar-refractivity contribution in [1.82, 2.24) is 4.90 Å². The van der Waals surface area contributed by atoms with Crippen LogP contribution in [0.3, 0.4) is 0 Å².